The predicted molar refractivity (Wildman–Crippen MR) is 66.9 cm³/mol. The molecule has 0 aliphatic rings. The quantitative estimate of drug-likeness (QED) is 0.651. The van der Waals surface area contributed by atoms with Gasteiger partial charge in [-0.05, 0) is 29.8 Å². The van der Waals surface area contributed by atoms with Crippen LogP contribution in [0.15, 0.2) is 53.8 Å². The van der Waals surface area contributed by atoms with Crippen LogP contribution >= 0.6 is 11.6 Å². The molecule has 2 aromatic rings. The summed E-state index contributed by atoms with van der Waals surface area (Å²) in [4.78, 5) is 4.08. The number of nitrogens with one attached hydrogen (secondary N) is 1. The summed E-state index contributed by atoms with van der Waals surface area (Å²) in [5.74, 6) is 0.709. The molecule has 0 amide bonds. The Balaban J connectivity index is 2.00. The highest BCUT2D eigenvalue weighted by Gasteiger charge is 1.90. The standard InChI is InChI=1S/C12H10ClN3/c13-11-5-3-4-10(8-11)9-15-16-12-6-1-2-7-14-12/h1-9H,(H,14,16)/b15-9-. The third-order valence-electron chi connectivity index (χ3n) is 1.91. The van der Waals surface area contributed by atoms with Crippen LogP contribution in [-0.4, -0.2) is 11.2 Å². The number of aromatic nitrogens is 1. The van der Waals surface area contributed by atoms with E-state index in [0.29, 0.717) is 10.8 Å². The van der Waals surface area contributed by atoms with Crippen LogP contribution < -0.4 is 5.43 Å². The van der Waals surface area contributed by atoms with Gasteiger partial charge in [-0.2, -0.15) is 5.10 Å². The molecule has 0 spiro atoms. The molecule has 16 heavy (non-hydrogen) atoms. The molecule has 1 aromatic carbocycles. The summed E-state index contributed by atoms with van der Waals surface area (Å²) >= 11 is 5.85. The third-order valence-corrected chi connectivity index (χ3v) is 2.14. The first kappa shape index (κ1) is 10.6. The van der Waals surface area contributed by atoms with Gasteiger partial charge in [-0.25, -0.2) is 4.98 Å². The van der Waals surface area contributed by atoms with E-state index in [-0.39, 0.29) is 0 Å². The molecule has 1 aromatic heterocycles. The van der Waals surface area contributed by atoms with Gasteiger partial charge in [-0.3, -0.25) is 5.43 Å². The van der Waals surface area contributed by atoms with E-state index in [2.05, 4.69) is 15.5 Å². The molecule has 1 N–H and O–H groups in total. The van der Waals surface area contributed by atoms with Gasteiger partial charge in [-0.1, -0.05) is 29.8 Å². The molecule has 80 valence electrons. The lowest BCUT2D eigenvalue weighted by Gasteiger charge is -1.97. The van der Waals surface area contributed by atoms with Crippen LogP contribution in [0.1, 0.15) is 5.56 Å². The normalized spacial score (nSPS) is 10.6. The molecular weight excluding hydrogens is 222 g/mol. The molecule has 0 fully saturated rings. The molecule has 0 aliphatic carbocycles. The van der Waals surface area contributed by atoms with Crippen molar-refractivity contribution < 1.29 is 0 Å². The summed E-state index contributed by atoms with van der Waals surface area (Å²) < 4.78 is 0. The van der Waals surface area contributed by atoms with Crippen LogP contribution in [0.4, 0.5) is 5.82 Å². The van der Waals surface area contributed by atoms with Gasteiger partial charge in [0, 0.05) is 11.2 Å². The number of hydrogen-bond donors (Lipinski definition) is 1. The number of anilines is 1. The monoisotopic (exact) mass is 231 g/mol. The first-order valence-corrected chi connectivity index (χ1v) is 5.18. The SMILES string of the molecule is Clc1cccc(/C=N\Nc2ccccn2)c1. The van der Waals surface area contributed by atoms with Crippen LogP contribution in [0.3, 0.4) is 0 Å². The highest BCUT2D eigenvalue weighted by molar-refractivity contribution is 6.30. The Kier molecular flexibility index (Phi) is 3.51. The maximum Gasteiger partial charge on any atom is 0.146 e. The zero-order valence-electron chi connectivity index (χ0n) is 8.47. The average Bonchev–Trinajstić information content (AvgIpc) is 2.30. The number of rotatable bonds is 3. The molecular formula is C12H10ClN3. The Morgan fingerprint density at radius 1 is 1.19 bits per heavy atom. The van der Waals surface area contributed by atoms with E-state index in [0.717, 1.165) is 5.56 Å². The van der Waals surface area contributed by atoms with E-state index in [4.69, 9.17) is 11.6 Å². The summed E-state index contributed by atoms with van der Waals surface area (Å²) in [6.45, 7) is 0. The van der Waals surface area contributed by atoms with Crippen molar-refractivity contribution >= 4 is 23.6 Å². The molecule has 4 heteroatoms. The molecule has 3 nitrogen and oxygen atoms in total. The maximum absolute atomic E-state index is 5.85. The van der Waals surface area contributed by atoms with E-state index in [1.165, 1.54) is 0 Å². The summed E-state index contributed by atoms with van der Waals surface area (Å²) in [6.07, 6.45) is 3.40. The number of benzene rings is 1. The van der Waals surface area contributed by atoms with Crippen molar-refractivity contribution in [3.63, 3.8) is 0 Å². The van der Waals surface area contributed by atoms with Crippen LogP contribution in [0, 0.1) is 0 Å². The first-order valence-electron chi connectivity index (χ1n) is 4.80. The largest absolute Gasteiger partial charge is 0.261 e. The van der Waals surface area contributed by atoms with Gasteiger partial charge in [0.15, 0.2) is 0 Å². The Hall–Kier alpha value is -1.87. The second kappa shape index (κ2) is 5.28. The fourth-order valence-electron chi connectivity index (χ4n) is 1.19. The summed E-state index contributed by atoms with van der Waals surface area (Å²) in [6, 6.07) is 13.1. The summed E-state index contributed by atoms with van der Waals surface area (Å²) in [5.41, 5.74) is 3.77. The highest BCUT2D eigenvalue weighted by Crippen LogP contribution is 2.08. The Morgan fingerprint density at radius 2 is 2.12 bits per heavy atom. The first-order chi connectivity index (χ1) is 7.84. The molecule has 0 radical (unpaired) electrons. The molecule has 1 heterocycles. The van der Waals surface area contributed by atoms with Gasteiger partial charge in [0.05, 0.1) is 6.21 Å². The van der Waals surface area contributed by atoms with Gasteiger partial charge < -0.3 is 0 Å². The molecule has 0 saturated carbocycles. The third kappa shape index (κ3) is 3.07. The second-order valence-electron chi connectivity index (χ2n) is 3.14. The van der Waals surface area contributed by atoms with Crippen LogP contribution in [0.2, 0.25) is 5.02 Å². The zero-order valence-corrected chi connectivity index (χ0v) is 9.22. The van der Waals surface area contributed by atoms with Gasteiger partial charge in [0.25, 0.3) is 0 Å². The highest BCUT2D eigenvalue weighted by atomic mass is 35.5. The van der Waals surface area contributed by atoms with Crippen LogP contribution in [0.25, 0.3) is 0 Å². The van der Waals surface area contributed by atoms with E-state index in [9.17, 15) is 0 Å². The molecule has 0 atom stereocenters. The minimum Gasteiger partial charge on any atom is -0.261 e. The number of pyridine rings is 1. The molecule has 0 unspecified atom stereocenters. The lowest BCUT2D eigenvalue weighted by molar-refractivity contribution is 1.23. The van der Waals surface area contributed by atoms with Crippen LogP contribution in [-0.2, 0) is 0 Å². The average molecular weight is 232 g/mol. The molecule has 2 rings (SSSR count). The lowest BCUT2D eigenvalue weighted by atomic mass is 10.2. The van der Waals surface area contributed by atoms with Crippen molar-refractivity contribution in [2.75, 3.05) is 5.43 Å². The minimum absolute atomic E-state index is 0.696. The van der Waals surface area contributed by atoms with Crippen molar-refractivity contribution in [1.29, 1.82) is 0 Å². The Bertz CT molecular complexity index is 483. The minimum atomic E-state index is 0.696. The summed E-state index contributed by atoms with van der Waals surface area (Å²) in [5, 5.41) is 4.75. The summed E-state index contributed by atoms with van der Waals surface area (Å²) in [7, 11) is 0. The van der Waals surface area contributed by atoms with Crippen molar-refractivity contribution in [3.05, 3.63) is 59.2 Å². The second-order valence-corrected chi connectivity index (χ2v) is 3.58. The van der Waals surface area contributed by atoms with Gasteiger partial charge >= 0.3 is 0 Å². The molecule has 0 bridgehead atoms. The lowest BCUT2D eigenvalue weighted by Crippen LogP contribution is -1.92. The van der Waals surface area contributed by atoms with Crippen molar-refractivity contribution in [2.24, 2.45) is 5.10 Å². The number of hydrazone groups is 1. The Morgan fingerprint density at radius 3 is 2.88 bits per heavy atom. The topological polar surface area (TPSA) is 37.3 Å². The van der Waals surface area contributed by atoms with E-state index < -0.39 is 0 Å². The fourth-order valence-corrected chi connectivity index (χ4v) is 1.39. The van der Waals surface area contributed by atoms with Crippen LogP contribution in [0.5, 0.6) is 0 Å². The Labute approximate surface area is 98.8 Å². The molecule has 0 aliphatic heterocycles. The van der Waals surface area contributed by atoms with E-state index >= 15 is 0 Å². The zero-order chi connectivity index (χ0) is 11.2. The van der Waals surface area contributed by atoms with Gasteiger partial charge in [-0.15, -0.1) is 0 Å². The van der Waals surface area contributed by atoms with E-state index in [1.54, 1.807) is 12.4 Å². The number of nitrogens with zero attached hydrogens (tertiary/aromatic N) is 2. The number of halogens is 1. The van der Waals surface area contributed by atoms with Crippen molar-refractivity contribution in [1.82, 2.24) is 4.98 Å². The molecule has 0 saturated heterocycles. The van der Waals surface area contributed by atoms with Crippen molar-refractivity contribution in [3.8, 4) is 0 Å². The van der Waals surface area contributed by atoms with Gasteiger partial charge in [0.2, 0.25) is 0 Å². The fraction of sp³-hybridized carbons (Fsp3) is 0. The smallest absolute Gasteiger partial charge is 0.146 e. The van der Waals surface area contributed by atoms with Gasteiger partial charge in [0.1, 0.15) is 5.82 Å². The maximum atomic E-state index is 5.85. The van der Waals surface area contributed by atoms with Crippen molar-refractivity contribution in [2.45, 2.75) is 0 Å². The van der Waals surface area contributed by atoms with E-state index in [1.807, 2.05) is 42.5 Å². The predicted octanol–water partition coefficient (Wildman–Crippen LogP) is 3.18. The number of hydrogen-bond acceptors (Lipinski definition) is 3.